The predicted octanol–water partition coefficient (Wildman–Crippen LogP) is 2.86. The van der Waals surface area contributed by atoms with Crippen LogP contribution in [0.2, 0.25) is 5.02 Å². The van der Waals surface area contributed by atoms with Crippen molar-refractivity contribution in [3.05, 3.63) is 52.3 Å². The number of amides is 1. The fraction of sp³-hybridized carbons (Fsp3) is 0.267. The number of aromatic nitrogens is 6. The van der Waals surface area contributed by atoms with E-state index < -0.39 is 23.9 Å². The highest BCUT2D eigenvalue weighted by atomic mass is 35.5. The minimum absolute atomic E-state index is 0.151. The van der Waals surface area contributed by atoms with Crippen molar-refractivity contribution < 1.29 is 18.0 Å². The molecule has 0 saturated heterocycles. The molecule has 27 heavy (non-hydrogen) atoms. The molecule has 3 rings (SSSR count). The lowest BCUT2D eigenvalue weighted by Crippen LogP contribution is -2.28. The van der Waals surface area contributed by atoms with Gasteiger partial charge in [-0.25, -0.2) is 4.98 Å². The first-order valence-corrected chi connectivity index (χ1v) is 8.03. The van der Waals surface area contributed by atoms with Gasteiger partial charge in [0.15, 0.2) is 0 Å². The summed E-state index contributed by atoms with van der Waals surface area (Å²) in [7, 11) is 0. The quantitative estimate of drug-likeness (QED) is 0.702. The monoisotopic (exact) mass is 399 g/mol. The molecular weight excluding hydrogens is 387 g/mol. The number of hydrogen-bond donors (Lipinski definition) is 2. The molecule has 1 atom stereocenters. The zero-order chi connectivity index (χ0) is 19.8. The number of aryl methyl sites for hydroxylation is 1. The maximum atomic E-state index is 12.6. The number of alkyl halides is 3. The van der Waals surface area contributed by atoms with E-state index in [1.807, 2.05) is 0 Å². The van der Waals surface area contributed by atoms with Crippen LogP contribution in [0.4, 0.5) is 13.2 Å². The molecule has 0 aliphatic carbocycles. The molecule has 0 spiro atoms. The van der Waals surface area contributed by atoms with Crippen LogP contribution in [0.1, 0.15) is 40.8 Å². The second kappa shape index (κ2) is 6.99. The van der Waals surface area contributed by atoms with Gasteiger partial charge in [-0.05, 0) is 25.5 Å². The molecule has 0 aliphatic rings. The largest absolute Gasteiger partial charge is 0.451 e. The molecule has 2 heterocycles. The molecule has 0 radical (unpaired) electrons. The lowest BCUT2D eigenvalue weighted by Gasteiger charge is -2.14. The number of H-pyrrole nitrogens is 1. The summed E-state index contributed by atoms with van der Waals surface area (Å²) >= 11 is 6.10. The van der Waals surface area contributed by atoms with Gasteiger partial charge in [-0.15, -0.1) is 10.2 Å². The Bertz CT molecular complexity index is 982. The zero-order valence-corrected chi connectivity index (χ0v) is 14.8. The van der Waals surface area contributed by atoms with E-state index in [0.717, 1.165) is 4.68 Å². The van der Waals surface area contributed by atoms with Gasteiger partial charge in [-0.3, -0.25) is 9.89 Å². The van der Waals surface area contributed by atoms with Crippen LogP contribution in [0.25, 0.3) is 5.95 Å². The van der Waals surface area contributed by atoms with Crippen LogP contribution in [0.5, 0.6) is 0 Å². The van der Waals surface area contributed by atoms with Crippen LogP contribution in [-0.2, 0) is 6.18 Å². The van der Waals surface area contributed by atoms with E-state index in [-0.39, 0.29) is 17.6 Å². The molecule has 0 saturated carbocycles. The average molecular weight is 400 g/mol. The third-order valence-corrected chi connectivity index (χ3v) is 3.97. The lowest BCUT2D eigenvalue weighted by atomic mass is 10.1. The van der Waals surface area contributed by atoms with Gasteiger partial charge in [-0.2, -0.15) is 22.8 Å². The summed E-state index contributed by atoms with van der Waals surface area (Å²) in [5.41, 5.74) is 0.701. The molecule has 12 heteroatoms. The first-order chi connectivity index (χ1) is 12.7. The summed E-state index contributed by atoms with van der Waals surface area (Å²) in [6.07, 6.45) is -4.68. The smallest absolute Gasteiger partial charge is 0.343 e. The summed E-state index contributed by atoms with van der Waals surface area (Å²) < 4.78 is 38.8. The van der Waals surface area contributed by atoms with Gasteiger partial charge in [0.2, 0.25) is 11.6 Å². The molecule has 0 unspecified atom stereocenters. The lowest BCUT2D eigenvalue weighted by molar-refractivity contribution is -0.144. The standard InChI is InChI=1S/C15H13ClF3N7O/c1-7(9-5-3-4-6-10(9)16)20-12(27)11-21-8(2)26(25-11)14-22-13(23-24-14)15(17,18)19/h3-7H,1-2H3,(H,20,27)(H,22,23,24)/t7-/m0/s1. The van der Waals surface area contributed by atoms with Crippen molar-refractivity contribution in [2.45, 2.75) is 26.1 Å². The minimum Gasteiger partial charge on any atom is -0.343 e. The van der Waals surface area contributed by atoms with Crippen molar-refractivity contribution in [1.29, 1.82) is 0 Å². The molecule has 1 aromatic carbocycles. The Labute approximate surface area is 155 Å². The Morgan fingerprint density at radius 3 is 2.63 bits per heavy atom. The number of halogens is 4. The molecule has 8 nitrogen and oxygen atoms in total. The third-order valence-electron chi connectivity index (χ3n) is 3.62. The molecule has 1 amide bonds. The third kappa shape index (κ3) is 3.92. The Morgan fingerprint density at radius 2 is 2.00 bits per heavy atom. The fourth-order valence-electron chi connectivity index (χ4n) is 2.32. The maximum Gasteiger partial charge on any atom is 0.451 e. The number of nitrogens with zero attached hydrogens (tertiary/aromatic N) is 5. The number of benzene rings is 1. The topological polar surface area (TPSA) is 101 Å². The molecule has 142 valence electrons. The van der Waals surface area contributed by atoms with Gasteiger partial charge in [-0.1, -0.05) is 29.8 Å². The van der Waals surface area contributed by atoms with Crippen molar-refractivity contribution in [2.75, 3.05) is 0 Å². The van der Waals surface area contributed by atoms with Crippen LogP contribution in [0, 0.1) is 6.92 Å². The van der Waals surface area contributed by atoms with Crippen LogP contribution in [0.15, 0.2) is 24.3 Å². The number of rotatable bonds is 4. The van der Waals surface area contributed by atoms with Crippen LogP contribution in [0.3, 0.4) is 0 Å². The summed E-state index contributed by atoms with van der Waals surface area (Å²) in [6, 6.07) is 6.56. The second-order valence-electron chi connectivity index (χ2n) is 5.59. The normalized spacial score (nSPS) is 12.8. The number of hydrogen-bond acceptors (Lipinski definition) is 5. The van der Waals surface area contributed by atoms with E-state index in [2.05, 4.69) is 25.5 Å². The van der Waals surface area contributed by atoms with Gasteiger partial charge in [0.1, 0.15) is 5.82 Å². The predicted molar refractivity (Wildman–Crippen MR) is 88.4 cm³/mol. The van der Waals surface area contributed by atoms with Gasteiger partial charge in [0.25, 0.3) is 11.9 Å². The fourth-order valence-corrected chi connectivity index (χ4v) is 2.61. The maximum absolute atomic E-state index is 12.6. The molecule has 3 aromatic rings. The highest BCUT2D eigenvalue weighted by Crippen LogP contribution is 2.26. The highest BCUT2D eigenvalue weighted by molar-refractivity contribution is 6.31. The summed E-state index contributed by atoms with van der Waals surface area (Å²) in [4.78, 5) is 19.7. The highest BCUT2D eigenvalue weighted by Gasteiger charge is 2.35. The van der Waals surface area contributed by atoms with E-state index in [0.29, 0.717) is 10.6 Å². The number of nitrogens with one attached hydrogen (secondary N) is 2. The van der Waals surface area contributed by atoms with E-state index in [1.54, 1.807) is 36.3 Å². The van der Waals surface area contributed by atoms with Crippen molar-refractivity contribution in [2.24, 2.45) is 0 Å². The van der Waals surface area contributed by atoms with Crippen molar-refractivity contribution in [3.8, 4) is 5.95 Å². The van der Waals surface area contributed by atoms with Crippen molar-refractivity contribution >= 4 is 17.5 Å². The van der Waals surface area contributed by atoms with Crippen molar-refractivity contribution in [1.82, 2.24) is 35.3 Å². The molecule has 0 bridgehead atoms. The summed E-state index contributed by atoms with van der Waals surface area (Å²) in [6.45, 7) is 3.19. The SMILES string of the molecule is Cc1nc(C(=O)N[C@@H](C)c2ccccc2Cl)nn1-c1n[nH]c(C(F)(F)F)n1. The summed E-state index contributed by atoms with van der Waals surface area (Å²) in [5.74, 6) is -2.34. The molecule has 2 aromatic heterocycles. The zero-order valence-electron chi connectivity index (χ0n) is 14.0. The Morgan fingerprint density at radius 1 is 1.30 bits per heavy atom. The number of carbonyl (C=O) groups excluding carboxylic acids is 1. The van der Waals surface area contributed by atoms with Crippen LogP contribution in [-0.4, -0.2) is 35.9 Å². The molecule has 2 N–H and O–H groups in total. The Kier molecular flexibility index (Phi) is 4.87. The molecular formula is C15H13ClF3N7O. The first kappa shape index (κ1) is 18.8. The van der Waals surface area contributed by atoms with Gasteiger partial charge in [0.05, 0.1) is 6.04 Å². The summed E-state index contributed by atoms with van der Waals surface area (Å²) in [5, 5.41) is 12.3. The average Bonchev–Trinajstić information content (AvgIpc) is 3.21. The Balaban J connectivity index is 1.80. The molecule has 0 fully saturated rings. The number of carbonyl (C=O) groups is 1. The number of aromatic amines is 1. The van der Waals surface area contributed by atoms with Crippen LogP contribution >= 0.6 is 11.6 Å². The van der Waals surface area contributed by atoms with E-state index >= 15 is 0 Å². The van der Waals surface area contributed by atoms with Gasteiger partial charge >= 0.3 is 6.18 Å². The second-order valence-corrected chi connectivity index (χ2v) is 6.00. The Hall–Kier alpha value is -2.95. The van der Waals surface area contributed by atoms with Crippen LogP contribution < -0.4 is 5.32 Å². The molecule has 0 aliphatic heterocycles. The minimum atomic E-state index is -4.68. The van der Waals surface area contributed by atoms with Crippen molar-refractivity contribution in [3.63, 3.8) is 0 Å². The van der Waals surface area contributed by atoms with Gasteiger partial charge < -0.3 is 5.32 Å². The van der Waals surface area contributed by atoms with Gasteiger partial charge in [0, 0.05) is 5.02 Å². The first-order valence-electron chi connectivity index (χ1n) is 7.65. The van der Waals surface area contributed by atoms with E-state index in [9.17, 15) is 18.0 Å². The van der Waals surface area contributed by atoms with E-state index in [1.165, 1.54) is 6.92 Å². The van der Waals surface area contributed by atoms with E-state index in [4.69, 9.17) is 11.6 Å².